The van der Waals surface area contributed by atoms with Gasteiger partial charge in [0.05, 0.1) is 10.2 Å². The van der Waals surface area contributed by atoms with Gasteiger partial charge in [0.1, 0.15) is 17.2 Å². The van der Waals surface area contributed by atoms with Crippen molar-refractivity contribution >= 4 is 31.7 Å². The van der Waals surface area contributed by atoms with Crippen molar-refractivity contribution in [3.63, 3.8) is 0 Å². The normalized spacial score (nSPS) is 20.0. The van der Waals surface area contributed by atoms with Crippen LogP contribution in [0.1, 0.15) is 23.4 Å². The van der Waals surface area contributed by atoms with Crippen LogP contribution in [-0.4, -0.2) is 42.5 Å². The third-order valence-electron chi connectivity index (χ3n) is 4.58. The molecule has 2 unspecified atom stereocenters. The molecule has 0 amide bonds. The molecule has 1 heterocycles. The lowest BCUT2D eigenvalue weighted by Crippen LogP contribution is -2.23. The minimum absolute atomic E-state index is 0.0505. The summed E-state index contributed by atoms with van der Waals surface area (Å²) in [6.45, 7) is 0. The molecule has 1 aromatic carbocycles. The lowest BCUT2D eigenvalue weighted by atomic mass is 10.0. The van der Waals surface area contributed by atoms with Gasteiger partial charge in [-0.1, -0.05) is 16.4 Å². The van der Waals surface area contributed by atoms with E-state index in [1.165, 1.54) is 13.1 Å². The summed E-state index contributed by atoms with van der Waals surface area (Å²) >= 11 is 3.12. The highest BCUT2D eigenvalue weighted by Crippen LogP contribution is 2.42. The second-order valence-corrected chi connectivity index (χ2v) is 9.30. The van der Waals surface area contributed by atoms with Gasteiger partial charge in [-0.2, -0.15) is 0 Å². The maximum absolute atomic E-state index is 13.4. The van der Waals surface area contributed by atoms with Crippen LogP contribution in [0.4, 0.5) is 4.39 Å². The predicted molar refractivity (Wildman–Crippen MR) is 98.6 cm³/mol. The van der Waals surface area contributed by atoms with Crippen molar-refractivity contribution in [3.8, 4) is 0 Å². The first kappa shape index (κ1) is 19.9. The van der Waals surface area contributed by atoms with Gasteiger partial charge in [0.2, 0.25) is 10.0 Å². The zero-order valence-corrected chi connectivity index (χ0v) is 16.8. The van der Waals surface area contributed by atoms with Crippen molar-refractivity contribution < 1.29 is 22.6 Å². The number of aromatic nitrogens is 2. The van der Waals surface area contributed by atoms with Gasteiger partial charge >= 0.3 is 0 Å². The van der Waals surface area contributed by atoms with Crippen LogP contribution >= 0.6 is 15.9 Å². The molecular formula is C16H18BrFN4O4S. The first-order valence-corrected chi connectivity index (χ1v) is 10.7. The van der Waals surface area contributed by atoms with Gasteiger partial charge in [-0.15, -0.1) is 0 Å². The standard InChI is InChI=1S/C16H18BrFN4O4S/c1-19-27(24,25)8-11-6-10(11)7-15-16(22-26-21-15)14(20-23)5-9-2-3-13(18)12(17)4-9/h2-4,10-11,19,23H,5-8H2,1H3/b20-14+. The molecule has 8 nitrogen and oxygen atoms in total. The molecule has 0 saturated heterocycles. The Labute approximate surface area is 164 Å². The Hall–Kier alpha value is -1.85. The molecule has 1 fully saturated rings. The SMILES string of the molecule is CNS(=O)(=O)CC1CC1Cc1nonc1/C(Cc1ccc(F)c(Br)c1)=N/O. The summed E-state index contributed by atoms with van der Waals surface area (Å²) in [6.07, 6.45) is 1.46. The highest BCUT2D eigenvalue weighted by Gasteiger charge is 2.41. The fraction of sp³-hybridized carbons (Fsp3) is 0.438. The maximum Gasteiger partial charge on any atom is 0.211 e. The predicted octanol–water partition coefficient (Wildman–Crippen LogP) is 2.12. The van der Waals surface area contributed by atoms with Crippen LogP contribution in [0.3, 0.4) is 0 Å². The largest absolute Gasteiger partial charge is 0.411 e. The molecule has 27 heavy (non-hydrogen) atoms. The van der Waals surface area contributed by atoms with Crippen molar-refractivity contribution in [1.82, 2.24) is 15.0 Å². The van der Waals surface area contributed by atoms with Gasteiger partial charge in [0.25, 0.3) is 0 Å². The summed E-state index contributed by atoms with van der Waals surface area (Å²) in [6, 6.07) is 4.48. The smallest absolute Gasteiger partial charge is 0.211 e. The van der Waals surface area contributed by atoms with Crippen LogP contribution in [0.25, 0.3) is 0 Å². The monoisotopic (exact) mass is 460 g/mol. The van der Waals surface area contributed by atoms with Crippen molar-refractivity contribution in [2.45, 2.75) is 19.3 Å². The first-order valence-electron chi connectivity index (χ1n) is 8.21. The molecule has 2 atom stereocenters. The topological polar surface area (TPSA) is 118 Å². The fourth-order valence-electron chi connectivity index (χ4n) is 2.95. The average Bonchev–Trinajstić information content (AvgIpc) is 3.16. The van der Waals surface area contributed by atoms with E-state index >= 15 is 0 Å². The number of sulfonamides is 1. The highest BCUT2D eigenvalue weighted by molar-refractivity contribution is 9.10. The Morgan fingerprint density at radius 3 is 2.89 bits per heavy atom. The lowest BCUT2D eigenvalue weighted by molar-refractivity contribution is 0.300. The summed E-state index contributed by atoms with van der Waals surface area (Å²) in [5.74, 6) is -0.117. The summed E-state index contributed by atoms with van der Waals surface area (Å²) in [4.78, 5) is 0. The van der Waals surface area contributed by atoms with Crippen molar-refractivity contribution in [2.75, 3.05) is 12.8 Å². The van der Waals surface area contributed by atoms with Gasteiger partial charge in [0.15, 0.2) is 5.69 Å². The molecule has 1 aromatic heterocycles. The number of halogens is 2. The Morgan fingerprint density at radius 1 is 1.44 bits per heavy atom. The number of nitrogens with zero attached hydrogens (tertiary/aromatic N) is 3. The second-order valence-electron chi connectivity index (χ2n) is 6.48. The van der Waals surface area contributed by atoms with E-state index in [-0.39, 0.29) is 35.5 Å². The third kappa shape index (κ3) is 4.90. The second kappa shape index (κ2) is 8.03. The molecule has 0 aliphatic heterocycles. The maximum atomic E-state index is 13.4. The summed E-state index contributed by atoms with van der Waals surface area (Å²) in [5, 5.41) is 20.4. The Kier molecular flexibility index (Phi) is 5.92. The number of oxime groups is 1. The van der Waals surface area contributed by atoms with E-state index < -0.39 is 10.0 Å². The molecule has 0 spiro atoms. The third-order valence-corrected chi connectivity index (χ3v) is 6.67. The minimum atomic E-state index is -3.26. The summed E-state index contributed by atoms with van der Waals surface area (Å²) < 4.78 is 44.1. The van der Waals surface area contributed by atoms with Gasteiger partial charge in [-0.25, -0.2) is 22.2 Å². The van der Waals surface area contributed by atoms with Crippen LogP contribution in [0.5, 0.6) is 0 Å². The zero-order valence-electron chi connectivity index (χ0n) is 14.4. The molecule has 2 N–H and O–H groups in total. The van der Waals surface area contributed by atoms with Gasteiger partial charge in [0, 0.05) is 6.42 Å². The van der Waals surface area contributed by atoms with Crippen LogP contribution in [0.15, 0.2) is 32.5 Å². The number of hydrogen-bond acceptors (Lipinski definition) is 7. The molecule has 2 aromatic rings. The molecule has 0 bridgehead atoms. The minimum Gasteiger partial charge on any atom is -0.411 e. The van der Waals surface area contributed by atoms with Gasteiger partial charge in [-0.3, -0.25) is 0 Å². The molecular weight excluding hydrogens is 443 g/mol. The molecule has 1 saturated carbocycles. The van der Waals surface area contributed by atoms with Crippen molar-refractivity contribution in [1.29, 1.82) is 0 Å². The molecule has 1 aliphatic rings. The van der Waals surface area contributed by atoms with E-state index in [9.17, 15) is 18.0 Å². The van der Waals surface area contributed by atoms with Gasteiger partial charge < -0.3 is 5.21 Å². The molecule has 0 radical (unpaired) electrons. The van der Waals surface area contributed by atoms with E-state index in [1.54, 1.807) is 12.1 Å². The Morgan fingerprint density at radius 2 is 2.22 bits per heavy atom. The zero-order chi connectivity index (χ0) is 19.6. The van der Waals surface area contributed by atoms with Crippen LogP contribution in [-0.2, 0) is 22.9 Å². The van der Waals surface area contributed by atoms with Gasteiger partial charge in [-0.05, 0) is 70.5 Å². The Bertz CT molecular complexity index is 963. The molecule has 11 heteroatoms. The van der Waals surface area contributed by atoms with Crippen molar-refractivity contribution in [3.05, 3.63) is 45.4 Å². The number of rotatable bonds is 8. The lowest BCUT2D eigenvalue weighted by Gasteiger charge is -2.05. The number of benzene rings is 1. The highest BCUT2D eigenvalue weighted by atomic mass is 79.9. The van der Waals surface area contributed by atoms with E-state index in [1.807, 2.05) is 0 Å². The van der Waals surface area contributed by atoms with Crippen LogP contribution in [0.2, 0.25) is 0 Å². The van der Waals surface area contributed by atoms with E-state index in [0.717, 1.165) is 12.0 Å². The molecule has 3 rings (SSSR count). The van der Waals surface area contributed by atoms with Crippen LogP contribution in [0, 0.1) is 17.7 Å². The van der Waals surface area contributed by atoms with Crippen LogP contribution < -0.4 is 4.72 Å². The molecule has 146 valence electrons. The average molecular weight is 461 g/mol. The molecule has 1 aliphatic carbocycles. The number of hydrogen-bond donors (Lipinski definition) is 2. The fourth-order valence-corrected chi connectivity index (χ4v) is 4.51. The quantitative estimate of drug-likeness (QED) is 0.353. The number of nitrogens with one attached hydrogen (secondary N) is 1. The summed E-state index contributed by atoms with van der Waals surface area (Å²) in [5.41, 5.74) is 1.79. The van der Waals surface area contributed by atoms with E-state index in [2.05, 4.69) is 36.1 Å². The summed E-state index contributed by atoms with van der Waals surface area (Å²) in [7, 11) is -1.86. The van der Waals surface area contributed by atoms with E-state index in [0.29, 0.717) is 22.3 Å². The Balaban J connectivity index is 1.69. The van der Waals surface area contributed by atoms with E-state index in [4.69, 9.17) is 4.63 Å². The van der Waals surface area contributed by atoms with Crippen molar-refractivity contribution in [2.24, 2.45) is 17.0 Å². The first-order chi connectivity index (χ1) is 12.8.